The standard InChI is InChI=1S/C24H24N4O4/c1-2-32-19-6-3-5-18(15-19)22(29)20-21(17-7-9-25-10-8-17)28(24(31)23(20)30)13-4-12-27-14-11-26-16-27/h3,5-11,14-16,21,29H,2,4,12-13H2,1H3. The SMILES string of the molecule is CCOc1cccc(C(O)=C2C(=O)C(=O)N(CCCn3ccnc3)C2c2ccncc2)c1. The van der Waals surface area contributed by atoms with Crippen LogP contribution in [0.15, 0.2) is 73.1 Å². The minimum absolute atomic E-state index is 0.0671. The number of aliphatic hydroxyl groups is 1. The molecule has 1 fully saturated rings. The molecule has 4 rings (SSSR count). The zero-order valence-electron chi connectivity index (χ0n) is 17.7. The molecule has 1 unspecified atom stereocenters. The number of nitrogens with zero attached hydrogens (tertiary/aromatic N) is 4. The summed E-state index contributed by atoms with van der Waals surface area (Å²) in [5, 5.41) is 11.1. The molecule has 1 aromatic carbocycles. The van der Waals surface area contributed by atoms with Crippen LogP contribution in [-0.4, -0.2) is 49.4 Å². The van der Waals surface area contributed by atoms with Crippen LogP contribution in [0.5, 0.6) is 5.75 Å². The molecule has 0 radical (unpaired) electrons. The first kappa shape index (κ1) is 21.3. The smallest absolute Gasteiger partial charge is 0.295 e. The van der Waals surface area contributed by atoms with E-state index in [2.05, 4.69) is 9.97 Å². The van der Waals surface area contributed by atoms with Crippen molar-refractivity contribution in [3.8, 4) is 5.75 Å². The Bertz CT molecular complexity index is 1130. The number of aliphatic hydroxyl groups excluding tert-OH is 1. The second-order valence-electron chi connectivity index (χ2n) is 7.39. The maximum Gasteiger partial charge on any atom is 0.295 e. The first-order valence-electron chi connectivity index (χ1n) is 10.5. The second-order valence-corrected chi connectivity index (χ2v) is 7.39. The third-order valence-electron chi connectivity index (χ3n) is 5.35. The van der Waals surface area contributed by atoms with E-state index in [1.54, 1.807) is 61.3 Å². The number of hydrogen-bond donors (Lipinski definition) is 1. The van der Waals surface area contributed by atoms with Crippen molar-refractivity contribution in [2.75, 3.05) is 13.2 Å². The maximum atomic E-state index is 13.0. The van der Waals surface area contributed by atoms with Gasteiger partial charge in [-0.1, -0.05) is 12.1 Å². The zero-order chi connectivity index (χ0) is 22.5. The van der Waals surface area contributed by atoms with E-state index in [0.29, 0.717) is 43.0 Å². The van der Waals surface area contributed by atoms with Gasteiger partial charge in [0.25, 0.3) is 11.7 Å². The lowest BCUT2D eigenvalue weighted by molar-refractivity contribution is -0.139. The molecule has 3 aromatic rings. The minimum Gasteiger partial charge on any atom is -0.507 e. The number of aryl methyl sites for hydroxylation is 1. The molecular formula is C24H24N4O4. The highest BCUT2D eigenvalue weighted by Gasteiger charge is 2.45. The number of likely N-dealkylation sites (tertiary alicyclic amines) is 1. The molecule has 1 aliphatic rings. The quantitative estimate of drug-likeness (QED) is 0.334. The van der Waals surface area contributed by atoms with Crippen LogP contribution in [0.4, 0.5) is 0 Å². The number of aromatic nitrogens is 3. The summed E-state index contributed by atoms with van der Waals surface area (Å²) < 4.78 is 7.43. The van der Waals surface area contributed by atoms with Gasteiger partial charge in [-0.05, 0) is 43.2 Å². The van der Waals surface area contributed by atoms with Crippen molar-refractivity contribution >= 4 is 17.4 Å². The van der Waals surface area contributed by atoms with Crippen molar-refractivity contribution in [1.82, 2.24) is 19.4 Å². The molecular weight excluding hydrogens is 408 g/mol. The van der Waals surface area contributed by atoms with Gasteiger partial charge in [0.05, 0.1) is 24.5 Å². The Labute approximate surface area is 185 Å². The van der Waals surface area contributed by atoms with Crippen LogP contribution < -0.4 is 4.74 Å². The molecule has 1 saturated heterocycles. The number of carbonyl (C=O) groups is 2. The van der Waals surface area contributed by atoms with Crippen molar-refractivity contribution in [3.63, 3.8) is 0 Å². The van der Waals surface area contributed by atoms with E-state index >= 15 is 0 Å². The van der Waals surface area contributed by atoms with Crippen LogP contribution in [-0.2, 0) is 16.1 Å². The molecule has 8 heteroatoms. The van der Waals surface area contributed by atoms with Gasteiger partial charge >= 0.3 is 0 Å². The van der Waals surface area contributed by atoms with Gasteiger partial charge in [-0.15, -0.1) is 0 Å². The van der Waals surface area contributed by atoms with Crippen molar-refractivity contribution in [2.45, 2.75) is 25.9 Å². The fourth-order valence-corrected chi connectivity index (χ4v) is 3.90. The first-order chi connectivity index (χ1) is 15.6. The molecule has 0 bridgehead atoms. The lowest BCUT2D eigenvalue weighted by atomic mass is 9.96. The van der Waals surface area contributed by atoms with Crippen LogP contribution in [0.3, 0.4) is 0 Å². The summed E-state index contributed by atoms with van der Waals surface area (Å²) >= 11 is 0. The molecule has 1 aliphatic heterocycles. The van der Waals surface area contributed by atoms with Crippen LogP contribution in [0.2, 0.25) is 0 Å². The van der Waals surface area contributed by atoms with Gasteiger partial charge in [0.15, 0.2) is 0 Å². The summed E-state index contributed by atoms with van der Waals surface area (Å²) in [4.78, 5) is 35.6. The summed E-state index contributed by atoms with van der Waals surface area (Å²) in [6.45, 7) is 3.35. The molecule has 164 valence electrons. The van der Waals surface area contributed by atoms with Crippen molar-refractivity contribution < 1.29 is 19.4 Å². The molecule has 0 saturated carbocycles. The monoisotopic (exact) mass is 432 g/mol. The Hall–Kier alpha value is -3.94. The lowest BCUT2D eigenvalue weighted by Crippen LogP contribution is -2.31. The Kier molecular flexibility index (Phi) is 6.30. The van der Waals surface area contributed by atoms with Gasteiger partial charge in [0.2, 0.25) is 0 Å². The van der Waals surface area contributed by atoms with E-state index in [1.165, 1.54) is 4.90 Å². The number of rotatable bonds is 8. The fourth-order valence-electron chi connectivity index (χ4n) is 3.90. The van der Waals surface area contributed by atoms with E-state index in [-0.39, 0.29) is 11.3 Å². The normalized spacial score (nSPS) is 17.7. The predicted octanol–water partition coefficient (Wildman–Crippen LogP) is 3.19. The molecule has 0 spiro atoms. The van der Waals surface area contributed by atoms with E-state index in [4.69, 9.17) is 4.74 Å². The summed E-state index contributed by atoms with van der Waals surface area (Å²) in [7, 11) is 0. The number of imidazole rings is 1. The van der Waals surface area contributed by atoms with Crippen molar-refractivity contribution in [1.29, 1.82) is 0 Å². The molecule has 3 heterocycles. The summed E-state index contributed by atoms with van der Waals surface area (Å²) in [6.07, 6.45) is 9.09. The second kappa shape index (κ2) is 9.47. The maximum absolute atomic E-state index is 13.0. The molecule has 1 amide bonds. The van der Waals surface area contributed by atoms with Gasteiger partial charge in [-0.25, -0.2) is 4.98 Å². The number of ether oxygens (including phenoxy) is 1. The zero-order valence-corrected chi connectivity index (χ0v) is 17.7. The number of ketones is 1. The number of amides is 1. The summed E-state index contributed by atoms with van der Waals surface area (Å²) in [6, 6.07) is 9.67. The van der Waals surface area contributed by atoms with Gasteiger partial charge in [0.1, 0.15) is 11.5 Å². The van der Waals surface area contributed by atoms with E-state index in [1.807, 2.05) is 17.7 Å². The number of carbonyl (C=O) groups excluding carboxylic acids is 2. The fraction of sp³-hybridized carbons (Fsp3) is 0.250. The number of pyridine rings is 1. The summed E-state index contributed by atoms with van der Waals surface area (Å²) in [5.74, 6) is -0.968. The average Bonchev–Trinajstić information content (AvgIpc) is 3.42. The Morgan fingerprint density at radius 2 is 1.91 bits per heavy atom. The topological polar surface area (TPSA) is 97.6 Å². The van der Waals surface area contributed by atoms with Crippen LogP contribution in [0.25, 0.3) is 5.76 Å². The molecule has 1 atom stereocenters. The molecule has 32 heavy (non-hydrogen) atoms. The molecule has 2 aromatic heterocycles. The summed E-state index contributed by atoms with van der Waals surface area (Å²) in [5.41, 5.74) is 1.20. The molecule has 8 nitrogen and oxygen atoms in total. The Morgan fingerprint density at radius 3 is 2.62 bits per heavy atom. The highest BCUT2D eigenvalue weighted by atomic mass is 16.5. The van der Waals surface area contributed by atoms with E-state index < -0.39 is 17.7 Å². The Morgan fingerprint density at radius 1 is 1.09 bits per heavy atom. The first-order valence-corrected chi connectivity index (χ1v) is 10.5. The van der Waals surface area contributed by atoms with Gasteiger partial charge in [-0.3, -0.25) is 14.6 Å². The highest BCUT2D eigenvalue weighted by Crippen LogP contribution is 2.39. The number of hydrogen-bond acceptors (Lipinski definition) is 6. The predicted molar refractivity (Wildman–Crippen MR) is 118 cm³/mol. The number of benzene rings is 1. The van der Waals surface area contributed by atoms with Crippen LogP contribution in [0.1, 0.15) is 30.5 Å². The van der Waals surface area contributed by atoms with Crippen LogP contribution >= 0.6 is 0 Å². The Balaban J connectivity index is 1.71. The third kappa shape index (κ3) is 4.25. The van der Waals surface area contributed by atoms with E-state index in [9.17, 15) is 14.7 Å². The van der Waals surface area contributed by atoms with Crippen molar-refractivity contribution in [3.05, 3.63) is 84.2 Å². The number of Topliss-reactive ketones (excluding diaryl/α,β-unsaturated/α-hetero) is 1. The van der Waals surface area contributed by atoms with Crippen molar-refractivity contribution in [2.24, 2.45) is 0 Å². The van der Waals surface area contributed by atoms with Gasteiger partial charge in [0, 0.05) is 43.4 Å². The van der Waals surface area contributed by atoms with Gasteiger partial charge < -0.3 is 19.3 Å². The van der Waals surface area contributed by atoms with E-state index in [0.717, 1.165) is 0 Å². The highest BCUT2D eigenvalue weighted by molar-refractivity contribution is 6.46. The molecule has 1 N–H and O–H groups in total. The van der Waals surface area contributed by atoms with Crippen LogP contribution in [0, 0.1) is 0 Å². The largest absolute Gasteiger partial charge is 0.507 e. The lowest BCUT2D eigenvalue weighted by Gasteiger charge is -2.25. The average molecular weight is 432 g/mol. The van der Waals surface area contributed by atoms with Gasteiger partial charge in [-0.2, -0.15) is 0 Å². The minimum atomic E-state index is -0.700. The molecule has 0 aliphatic carbocycles. The third-order valence-corrected chi connectivity index (χ3v) is 5.35.